The lowest BCUT2D eigenvalue weighted by molar-refractivity contribution is 0.211. The molecule has 0 fully saturated rings. The van der Waals surface area contributed by atoms with Crippen LogP contribution < -0.4 is 0 Å². The Hall–Kier alpha value is 0.440. The molecule has 0 aromatic rings. The first-order valence-electron chi connectivity index (χ1n) is 7.71. The molecular weight excluding hydrogens is 283 g/mol. The third-order valence-electron chi connectivity index (χ3n) is 2.99. The zero-order valence-electron chi connectivity index (χ0n) is 12.5. The Labute approximate surface area is 123 Å². The van der Waals surface area contributed by atoms with Crippen molar-refractivity contribution in [3.8, 4) is 0 Å². The first kappa shape index (κ1) is 19.4. The van der Waals surface area contributed by atoms with Gasteiger partial charge in [0, 0.05) is 11.2 Å². The third-order valence-corrected chi connectivity index (χ3v) is 4.55. The van der Waals surface area contributed by atoms with Gasteiger partial charge in [0.1, 0.15) is 0 Å². The maximum absolute atomic E-state index is 11.7. The molecule has 1 atom stereocenters. The fourth-order valence-electron chi connectivity index (χ4n) is 1.80. The summed E-state index contributed by atoms with van der Waals surface area (Å²) in [6.45, 7) is 1.85. The first-order valence-corrected chi connectivity index (χ1v) is 10.2. The van der Waals surface area contributed by atoms with E-state index in [2.05, 4.69) is 13.8 Å². The number of hydrogen-bond acceptors (Lipinski definition) is 3. The smallest absolute Gasteiger partial charge is 0.297 e. The molecule has 0 rings (SSSR count). The maximum Gasteiger partial charge on any atom is 0.424 e. The van der Waals surface area contributed by atoms with E-state index in [1.165, 1.54) is 32.1 Å². The van der Waals surface area contributed by atoms with Crippen molar-refractivity contribution in [2.24, 2.45) is 0 Å². The number of hydrogen-bond donors (Lipinski definition) is 0. The fraction of sp³-hybridized carbons (Fsp3) is 1.00. The van der Waals surface area contributed by atoms with Crippen LogP contribution in [0.1, 0.15) is 78.1 Å². The van der Waals surface area contributed by atoms with Gasteiger partial charge in [-0.2, -0.15) is 0 Å². The molecule has 0 bridgehead atoms. The molecule has 1 unspecified atom stereocenters. The second kappa shape index (κ2) is 13.4. The van der Waals surface area contributed by atoms with Crippen molar-refractivity contribution >= 4 is 18.2 Å². The highest BCUT2D eigenvalue weighted by molar-refractivity contribution is 7.81. The van der Waals surface area contributed by atoms with Crippen LogP contribution in [-0.4, -0.2) is 13.2 Å². The Balaban J connectivity index is 3.35. The van der Waals surface area contributed by atoms with Crippen molar-refractivity contribution in [1.82, 2.24) is 0 Å². The molecule has 0 aromatic carbocycles. The molecule has 116 valence electrons. The van der Waals surface area contributed by atoms with Crippen LogP contribution in [0.3, 0.4) is 0 Å². The summed E-state index contributed by atoms with van der Waals surface area (Å²) in [7, 11) is 0. The molecule has 0 N–H and O–H groups in total. The molecule has 0 aliphatic carbocycles. The van der Waals surface area contributed by atoms with Crippen LogP contribution in [0.25, 0.3) is 0 Å². The standard InChI is InChI=1S/C14H30ClO3P/c1-3-5-7-8-9-10-12-14-18-19(15,16)17-13-11-6-4-2/h3-14H2,1-2H3. The molecule has 0 amide bonds. The molecule has 0 radical (unpaired) electrons. The molecule has 5 heteroatoms. The Morgan fingerprint density at radius 3 is 1.63 bits per heavy atom. The molecule has 0 heterocycles. The Bertz CT molecular complexity index is 237. The Morgan fingerprint density at radius 2 is 1.11 bits per heavy atom. The lowest BCUT2D eigenvalue weighted by Gasteiger charge is -2.11. The molecular formula is C14H30ClO3P. The van der Waals surface area contributed by atoms with Crippen LogP contribution in [-0.2, 0) is 13.6 Å². The molecule has 0 saturated heterocycles. The van der Waals surface area contributed by atoms with Crippen molar-refractivity contribution in [2.45, 2.75) is 78.1 Å². The SMILES string of the molecule is CCCCCCCCCOP(=O)(Cl)OCCCCC. The van der Waals surface area contributed by atoms with E-state index in [0.29, 0.717) is 13.2 Å². The molecule has 0 aliphatic heterocycles. The van der Waals surface area contributed by atoms with E-state index < -0.39 is 6.95 Å². The summed E-state index contributed by atoms with van der Waals surface area (Å²) in [5.74, 6) is 0. The molecule has 0 aromatic heterocycles. The number of unbranched alkanes of at least 4 members (excludes halogenated alkanes) is 8. The van der Waals surface area contributed by atoms with Crippen molar-refractivity contribution in [3.05, 3.63) is 0 Å². The van der Waals surface area contributed by atoms with Crippen molar-refractivity contribution in [3.63, 3.8) is 0 Å². The van der Waals surface area contributed by atoms with Gasteiger partial charge in [-0.05, 0) is 12.8 Å². The van der Waals surface area contributed by atoms with E-state index in [4.69, 9.17) is 20.3 Å². The highest BCUT2D eigenvalue weighted by Gasteiger charge is 2.19. The topological polar surface area (TPSA) is 35.5 Å². The minimum atomic E-state index is -3.33. The van der Waals surface area contributed by atoms with Crippen molar-refractivity contribution in [1.29, 1.82) is 0 Å². The van der Waals surface area contributed by atoms with Crippen molar-refractivity contribution in [2.75, 3.05) is 13.2 Å². The predicted octanol–water partition coefficient (Wildman–Crippen LogP) is 6.31. The first-order chi connectivity index (χ1) is 9.12. The van der Waals surface area contributed by atoms with Crippen molar-refractivity contribution < 1.29 is 13.6 Å². The normalized spacial score (nSPS) is 14.5. The second-order valence-corrected chi connectivity index (χ2v) is 7.55. The van der Waals surface area contributed by atoms with Gasteiger partial charge in [0.2, 0.25) is 0 Å². The zero-order chi connectivity index (χ0) is 14.4. The predicted molar refractivity (Wildman–Crippen MR) is 82.9 cm³/mol. The number of halogens is 1. The van der Waals surface area contributed by atoms with Gasteiger partial charge >= 0.3 is 6.95 Å². The lowest BCUT2D eigenvalue weighted by atomic mass is 10.1. The summed E-state index contributed by atoms with van der Waals surface area (Å²) in [6, 6.07) is 0. The minimum Gasteiger partial charge on any atom is -0.297 e. The van der Waals surface area contributed by atoms with Gasteiger partial charge in [-0.3, -0.25) is 9.05 Å². The van der Waals surface area contributed by atoms with E-state index >= 15 is 0 Å². The average Bonchev–Trinajstić information content (AvgIpc) is 2.38. The van der Waals surface area contributed by atoms with Gasteiger partial charge in [-0.25, -0.2) is 4.57 Å². The van der Waals surface area contributed by atoms with Gasteiger partial charge in [-0.15, -0.1) is 0 Å². The van der Waals surface area contributed by atoms with Crippen LogP contribution in [0, 0.1) is 0 Å². The van der Waals surface area contributed by atoms with Gasteiger partial charge in [-0.1, -0.05) is 65.2 Å². The summed E-state index contributed by atoms with van der Waals surface area (Å²) in [5.41, 5.74) is 0. The van der Waals surface area contributed by atoms with E-state index in [1.807, 2.05) is 0 Å². The van der Waals surface area contributed by atoms with Crippen LogP contribution in [0.15, 0.2) is 0 Å². The van der Waals surface area contributed by atoms with Gasteiger partial charge in [0.15, 0.2) is 0 Å². The van der Waals surface area contributed by atoms with E-state index in [0.717, 1.165) is 32.1 Å². The van der Waals surface area contributed by atoms with Gasteiger partial charge in [0.05, 0.1) is 13.2 Å². The fourth-order valence-corrected chi connectivity index (χ4v) is 2.98. The molecule has 0 spiro atoms. The summed E-state index contributed by atoms with van der Waals surface area (Å²) in [4.78, 5) is 0. The molecule has 0 saturated carbocycles. The molecule has 3 nitrogen and oxygen atoms in total. The number of rotatable bonds is 14. The average molecular weight is 313 g/mol. The zero-order valence-corrected chi connectivity index (χ0v) is 14.2. The van der Waals surface area contributed by atoms with E-state index in [9.17, 15) is 4.57 Å². The minimum absolute atomic E-state index is 0.422. The second-order valence-electron chi connectivity index (χ2n) is 4.93. The highest BCUT2D eigenvalue weighted by Crippen LogP contribution is 2.53. The molecule has 19 heavy (non-hydrogen) atoms. The van der Waals surface area contributed by atoms with Crippen LogP contribution >= 0.6 is 18.2 Å². The summed E-state index contributed by atoms with van der Waals surface area (Å²) in [5, 5.41) is 0. The summed E-state index contributed by atoms with van der Waals surface area (Å²) >= 11 is 5.71. The van der Waals surface area contributed by atoms with Crippen LogP contribution in [0.5, 0.6) is 0 Å². The quantitative estimate of drug-likeness (QED) is 0.278. The monoisotopic (exact) mass is 312 g/mol. The maximum atomic E-state index is 11.7. The van der Waals surface area contributed by atoms with E-state index in [1.54, 1.807) is 0 Å². The lowest BCUT2D eigenvalue weighted by Crippen LogP contribution is -1.95. The van der Waals surface area contributed by atoms with Crippen LogP contribution in [0.4, 0.5) is 0 Å². The molecule has 0 aliphatic rings. The van der Waals surface area contributed by atoms with E-state index in [-0.39, 0.29) is 0 Å². The van der Waals surface area contributed by atoms with Gasteiger partial charge in [0.25, 0.3) is 0 Å². The highest BCUT2D eigenvalue weighted by atomic mass is 35.7. The largest absolute Gasteiger partial charge is 0.424 e. The Morgan fingerprint density at radius 1 is 0.737 bits per heavy atom. The summed E-state index contributed by atoms with van der Waals surface area (Å²) < 4.78 is 21.9. The third kappa shape index (κ3) is 14.7. The van der Waals surface area contributed by atoms with Crippen LogP contribution in [0.2, 0.25) is 0 Å². The Kier molecular flexibility index (Phi) is 13.7. The summed E-state index contributed by atoms with van der Waals surface area (Å²) in [6.07, 6.45) is 11.5. The van der Waals surface area contributed by atoms with Gasteiger partial charge < -0.3 is 0 Å².